The van der Waals surface area contributed by atoms with Gasteiger partial charge in [-0.3, -0.25) is 4.79 Å². The Kier molecular flexibility index (Phi) is 5.94. The molecule has 0 saturated carbocycles. The predicted molar refractivity (Wildman–Crippen MR) is 131 cm³/mol. The number of phenolic OH excluding ortho intramolecular Hbond substituents is 2. The molecule has 0 amide bonds. The van der Waals surface area contributed by atoms with Gasteiger partial charge >= 0.3 is 0 Å². The Hall–Kier alpha value is -3.73. The van der Waals surface area contributed by atoms with Crippen LogP contribution in [0, 0.1) is 0 Å². The van der Waals surface area contributed by atoms with Gasteiger partial charge in [0.15, 0.2) is 6.29 Å². The zero-order valence-corrected chi connectivity index (χ0v) is 19.4. The fourth-order valence-electron chi connectivity index (χ4n) is 4.96. The highest BCUT2D eigenvalue weighted by Crippen LogP contribution is 2.43. The second kappa shape index (κ2) is 9.29. The van der Waals surface area contributed by atoms with E-state index in [-0.39, 0.29) is 45.6 Å². The number of aromatic hydroxyl groups is 2. The Balaban J connectivity index is 1.35. The van der Waals surface area contributed by atoms with Crippen molar-refractivity contribution in [3.05, 3.63) is 94.3 Å². The molecule has 0 radical (unpaired) electrons. The first-order valence-corrected chi connectivity index (χ1v) is 11.8. The molecule has 2 aliphatic rings. The molecule has 37 heavy (non-hydrogen) atoms. The molecule has 0 bridgehead atoms. The van der Waals surface area contributed by atoms with Crippen LogP contribution in [0.4, 0.5) is 0 Å². The summed E-state index contributed by atoms with van der Waals surface area (Å²) in [5, 5.41) is 42.5. The highest BCUT2D eigenvalue weighted by molar-refractivity contribution is 5.86. The average Bonchev–Trinajstić information content (AvgIpc) is 2.92. The summed E-state index contributed by atoms with van der Waals surface area (Å²) in [7, 11) is 0. The van der Waals surface area contributed by atoms with Gasteiger partial charge in [-0.2, -0.15) is 0 Å². The quantitative estimate of drug-likeness (QED) is 0.331. The third kappa shape index (κ3) is 4.07. The minimum atomic E-state index is -1.49. The standard InChI is InChI=1S/C28H24O9/c29-16-8-6-14(7-9-16)18-12-34-25-17(22(18)31)10-11-19(30)21(25)27-24(33)23(32)26-20(36-27)13-35-28(37-26)15-4-2-1-3-5-15/h1-12,20,23-24,26-30,32-33H,13H2/t20-,23-,24-,26-,27+,28?/m1/s1. The van der Waals surface area contributed by atoms with E-state index in [0.717, 1.165) is 5.56 Å². The lowest BCUT2D eigenvalue weighted by Gasteiger charge is -2.46. The molecule has 4 N–H and O–H groups in total. The monoisotopic (exact) mass is 504 g/mol. The topological polar surface area (TPSA) is 139 Å². The van der Waals surface area contributed by atoms with E-state index < -0.39 is 36.8 Å². The maximum absolute atomic E-state index is 13.3. The second-order valence-electron chi connectivity index (χ2n) is 9.15. The number of fused-ring (bicyclic) bond motifs is 2. The Bertz CT molecular complexity index is 1480. The van der Waals surface area contributed by atoms with E-state index >= 15 is 0 Å². The molecular formula is C28H24O9. The van der Waals surface area contributed by atoms with Crippen molar-refractivity contribution < 1.29 is 39.1 Å². The van der Waals surface area contributed by atoms with Gasteiger partial charge in [-0.15, -0.1) is 0 Å². The Morgan fingerprint density at radius 1 is 0.838 bits per heavy atom. The molecule has 1 aromatic heterocycles. The molecule has 4 aromatic rings. The van der Waals surface area contributed by atoms with Crippen LogP contribution in [0.15, 0.2) is 82.2 Å². The Labute approximate surface area is 210 Å². The maximum Gasteiger partial charge on any atom is 0.200 e. The van der Waals surface area contributed by atoms with E-state index in [2.05, 4.69) is 0 Å². The molecule has 0 spiro atoms. The van der Waals surface area contributed by atoms with Crippen molar-refractivity contribution in [2.75, 3.05) is 6.61 Å². The largest absolute Gasteiger partial charge is 0.508 e. The van der Waals surface area contributed by atoms with Crippen molar-refractivity contribution in [1.29, 1.82) is 0 Å². The summed E-state index contributed by atoms with van der Waals surface area (Å²) in [6.45, 7) is 0.0744. The molecule has 1 unspecified atom stereocenters. The van der Waals surface area contributed by atoms with Gasteiger partial charge in [0.05, 0.1) is 23.1 Å². The van der Waals surface area contributed by atoms with Crippen LogP contribution in [0.5, 0.6) is 11.5 Å². The first-order valence-electron chi connectivity index (χ1n) is 11.8. The summed E-state index contributed by atoms with van der Waals surface area (Å²) in [6.07, 6.45) is -5.18. The highest BCUT2D eigenvalue weighted by Gasteiger charge is 2.50. The summed E-state index contributed by atoms with van der Waals surface area (Å²) in [5.74, 6) is -0.199. The first kappa shape index (κ1) is 23.7. The number of hydrogen-bond donors (Lipinski definition) is 4. The highest BCUT2D eigenvalue weighted by atomic mass is 16.7. The summed E-state index contributed by atoms with van der Waals surface area (Å²) in [6, 6.07) is 18.1. The zero-order chi connectivity index (χ0) is 25.7. The van der Waals surface area contributed by atoms with Crippen molar-refractivity contribution in [1.82, 2.24) is 0 Å². The molecule has 2 saturated heterocycles. The van der Waals surface area contributed by atoms with Crippen LogP contribution in [0.2, 0.25) is 0 Å². The van der Waals surface area contributed by atoms with Gasteiger partial charge in [0, 0.05) is 5.56 Å². The summed E-state index contributed by atoms with van der Waals surface area (Å²) < 4.78 is 23.7. The molecule has 0 aliphatic carbocycles. The SMILES string of the molecule is O=c1c(-c2ccc(O)cc2)coc2c([C@@H]3O[C@@H]4COC(c5ccccc5)O[C@H]4[C@H](O)[C@H]3O)c(O)ccc12. The van der Waals surface area contributed by atoms with Gasteiger partial charge in [0.1, 0.15) is 53.9 Å². The molecule has 3 heterocycles. The van der Waals surface area contributed by atoms with E-state index in [1.165, 1.54) is 30.5 Å². The van der Waals surface area contributed by atoms with Gasteiger partial charge in [0.2, 0.25) is 5.43 Å². The molecule has 6 atom stereocenters. The molecule has 3 aromatic carbocycles. The zero-order valence-electron chi connectivity index (χ0n) is 19.4. The van der Waals surface area contributed by atoms with Crippen LogP contribution in [0.25, 0.3) is 22.1 Å². The second-order valence-corrected chi connectivity index (χ2v) is 9.15. The van der Waals surface area contributed by atoms with Crippen molar-refractivity contribution in [2.45, 2.75) is 36.8 Å². The van der Waals surface area contributed by atoms with Crippen molar-refractivity contribution in [3.63, 3.8) is 0 Å². The number of rotatable bonds is 3. The van der Waals surface area contributed by atoms with Crippen LogP contribution in [0.3, 0.4) is 0 Å². The summed E-state index contributed by atoms with van der Waals surface area (Å²) in [5.41, 5.74) is 1.27. The first-order chi connectivity index (χ1) is 17.9. The normalized spacial score (nSPS) is 27.6. The van der Waals surface area contributed by atoms with Gasteiger partial charge in [0.25, 0.3) is 0 Å². The molecule has 9 nitrogen and oxygen atoms in total. The molecule has 2 aliphatic heterocycles. The van der Waals surface area contributed by atoms with Gasteiger partial charge < -0.3 is 39.1 Å². The van der Waals surface area contributed by atoms with Crippen LogP contribution in [-0.2, 0) is 14.2 Å². The van der Waals surface area contributed by atoms with Crippen LogP contribution in [-0.4, -0.2) is 51.4 Å². The minimum absolute atomic E-state index is 0.0297. The molecular weight excluding hydrogens is 480 g/mol. The fourth-order valence-corrected chi connectivity index (χ4v) is 4.96. The van der Waals surface area contributed by atoms with E-state index in [9.17, 15) is 25.2 Å². The number of aliphatic hydroxyl groups excluding tert-OH is 2. The summed E-state index contributed by atoms with van der Waals surface area (Å²) in [4.78, 5) is 13.3. The van der Waals surface area contributed by atoms with E-state index in [1.807, 2.05) is 30.3 Å². The van der Waals surface area contributed by atoms with Gasteiger partial charge in [-0.05, 0) is 29.8 Å². The number of phenols is 2. The molecule has 9 heteroatoms. The number of aliphatic hydroxyl groups is 2. The summed E-state index contributed by atoms with van der Waals surface area (Å²) >= 11 is 0. The smallest absolute Gasteiger partial charge is 0.200 e. The molecule has 190 valence electrons. The lowest BCUT2D eigenvalue weighted by Crippen LogP contribution is -2.59. The number of ether oxygens (including phenoxy) is 3. The number of hydrogen-bond acceptors (Lipinski definition) is 9. The molecule has 2 fully saturated rings. The third-order valence-electron chi connectivity index (χ3n) is 6.87. The Morgan fingerprint density at radius 3 is 2.35 bits per heavy atom. The molecule has 6 rings (SSSR count). The average molecular weight is 504 g/mol. The lowest BCUT2D eigenvalue weighted by molar-refractivity contribution is -0.330. The van der Waals surface area contributed by atoms with Crippen LogP contribution < -0.4 is 5.43 Å². The number of benzene rings is 3. The lowest BCUT2D eigenvalue weighted by atomic mass is 9.89. The maximum atomic E-state index is 13.3. The predicted octanol–water partition coefficient (Wildman–Crippen LogP) is 3.15. The van der Waals surface area contributed by atoms with Crippen molar-refractivity contribution in [3.8, 4) is 22.6 Å². The van der Waals surface area contributed by atoms with Crippen molar-refractivity contribution in [2.24, 2.45) is 0 Å². The van der Waals surface area contributed by atoms with E-state index in [0.29, 0.717) is 5.56 Å². The third-order valence-corrected chi connectivity index (χ3v) is 6.87. The van der Waals surface area contributed by atoms with Crippen molar-refractivity contribution >= 4 is 11.0 Å². The van der Waals surface area contributed by atoms with Crippen LogP contribution in [0.1, 0.15) is 23.5 Å². The van der Waals surface area contributed by atoms with Gasteiger partial charge in [-0.25, -0.2) is 0 Å². The van der Waals surface area contributed by atoms with E-state index in [4.69, 9.17) is 18.6 Å². The van der Waals surface area contributed by atoms with E-state index in [1.54, 1.807) is 12.1 Å². The van der Waals surface area contributed by atoms with Crippen LogP contribution >= 0.6 is 0 Å². The van der Waals surface area contributed by atoms with Gasteiger partial charge in [-0.1, -0.05) is 42.5 Å². The minimum Gasteiger partial charge on any atom is -0.508 e. The Morgan fingerprint density at radius 2 is 1.59 bits per heavy atom. The fraction of sp³-hybridized carbons (Fsp3) is 0.250.